The zero-order valence-corrected chi connectivity index (χ0v) is 8.17. The molecule has 0 aliphatic carbocycles. The molecular formula is C10H14O5. The second-order valence-electron chi connectivity index (χ2n) is 2.66. The topological polar surface area (TPSA) is 90.9 Å². The summed E-state index contributed by atoms with van der Waals surface area (Å²) in [6, 6.07) is 3.51. The molecule has 1 heterocycles. The van der Waals surface area contributed by atoms with E-state index < -0.39 is 12.1 Å². The summed E-state index contributed by atoms with van der Waals surface area (Å²) in [6.07, 6.45) is 2.05. The van der Waals surface area contributed by atoms with Crippen molar-refractivity contribution in [1.82, 2.24) is 0 Å². The highest BCUT2D eigenvalue weighted by Gasteiger charge is 2.04. The van der Waals surface area contributed by atoms with Crippen molar-refractivity contribution in [1.29, 1.82) is 0 Å². The van der Waals surface area contributed by atoms with Crippen LogP contribution in [-0.2, 0) is 11.2 Å². The number of aliphatic carboxylic acids is 1. The van der Waals surface area contributed by atoms with Crippen molar-refractivity contribution < 1.29 is 24.5 Å². The van der Waals surface area contributed by atoms with Crippen LogP contribution < -0.4 is 0 Å². The van der Waals surface area contributed by atoms with Crippen LogP contribution in [0.5, 0.6) is 0 Å². The Morgan fingerprint density at radius 2 is 2.27 bits per heavy atom. The fourth-order valence-corrected chi connectivity index (χ4v) is 0.726. The van der Waals surface area contributed by atoms with Crippen LogP contribution in [0.2, 0.25) is 0 Å². The molecule has 1 unspecified atom stereocenters. The Hall–Kier alpha value is -1.59. The lowest BCUT2D eigenvalue weighted by Gasteiger charge is -2.02. The fraction of sp³-hybridized carbons (Fsp3) is 0.300. The van der Waals surface area contributed by atoms with Gasteiger partial charge in [-0.25, -0.2) is 4.79 Å². The maximum atomic E-state index is 9.25. The maximum Gasteiger partial charge on any atom is 0.327 e. The van der Waals surface area contributed by atoms with Gasteiger partial charge in [0.05, 0.1) is 19.0 Å². The van der Waals surface area contributed by atoms with E-state index in [0.717, 1.165) is 6.08 Å². The predicted octanol–water partition coefficient (Wildman–Crippen LogP) is 0.432. The Labute approximate surface area is 87.3 Å². The molecule has 0 radical (unpaired) electrons. The second kappa shape index (κ2) is 7.78. The van der Waals surface area contributed by atoms with Crippen LogP contribution in [0.4, 0.5) is 0 Å². The van der Waals surface area contributed by atoms with E-state index in [1.165, 1.54) is 0 Å². The molecule has 1 atom stereocenters. The summed E-state index contributed by atoms with van der Waals surface area (Å²) in [7, 11) is 0. The van der Waals surface area contributed by atoms with Crippen LogP contribution in [0.25, 0.3) is 0 Å². The summed E-state index contributed by atoms with van der Waals surface area (Å²) >= 11 is 0. The van der Waals surface area contributed by atoms with Gasteiger partial charge in [-0.2, -0.15) is 0 Å². The minimum Gasteiger partial charge on any atom is -0.478 e. The molecule has 0 fully saturated rings. The third-order valence-electron chi connectivity index (χ3n) is 1.40. The average molecular weight is 214 g/mol. The van der Waals surface area contributed by atoms with Crippen molar-refractivity contribution in [2.45, 2.75) is 12.5 Å². The summed E-state index contributed by atoms with van der Waals surface area (Å²) in [5.74, 6) is -0.286. The summed E-state index contributed by atoms with van der Waals surface area (Å²) in [5, 5.41) is 25.0. The van der Waals surface area contributed by atoms with E-state index in [0.29, 0.717) is 12.2 Å². The van der Waals surface area contributed by atoms with Crippen molar-refractivity contribution in [2.75, 3.05) is 6.61 Å². The third-order valence-corrected chi connectivity index (χ3v) is 1.40. The van der Waals surface area contributed by atoms with Crippen molar-refractivity contribution >= 4 is 5.97 Å². The molecule has 1 aromatic heterocycles. The predicted molar refractivity (Wildman–Crippen MR) is 53.3 cm³/mol. The van der Waals surface area contributed by atoms with Crippen molar-refractivity contribution in [3.8, 4) is 0 Å². The minimum atomic E-state index is -0.981. The van der Waals surface area contributed by atoms with E-state index in [4.69, 9.17) is 19.7 Å². The molecule has 0 aliphatic rings. The van der Waals surface area contributed by atoms with Crippen LogP contribution >= 0.6 is 0 Å². The molecule has 0 saturated carbocycles. The highest BCUT2D eigenvalue weighted by molar-refractivity contribution is 5.78. The van der Waals surface area contributed by atoms with E-state index in [1.807, 2.05) is 0 Å². The molecule has 15 heavy (non-hydrogen) atoms. The largest absolute Gasteiger partial charge is 0.478 e. The number of hydrogen-bond acceptors (Lipinski definition) is 4. The smallest absolute Gasteiger partial charge is 0.327 e. The molecule has 3 N–H and O–H groups in total. The van der Waals surface area contributed by atoms with E-state index in [-0.39, 0.29) is 6.61 Å². The van der Waals surface area contributed by atoms with Crippen molar-refractivity contribution in [3.05, 3.63) is 36.8 Å². The first kappa shape index (κ1) is 13.4. The molecule has 0 aromatic carbocycles. The Balaban J connectivity index is 0.000000336. The van der Waals surface area contributed by atoms with Gasteiger partial charge in [-0.15, -0.1) is 0 Å². The van der Waals surface area contributed by atoms with E-state index >= 15 is 0 Å². The van der Waals surface area contributed by atoms with Gasteiger partial charge in [0.2, 0.25) is 0 Å². The van der Waals surface area contributed by atoms with E-state index in [9.17, 15) is 4.79 Å². The van der Waals surface area contributed by atoms with Gasteiger partial charge in [0.25, 0.3) is 0 Å². The lowest BCUT2D eigenvalue weighted by molar-refractivity contribution is -0.131. The minimum absolute atomic E-state index is 0.222. The molecule has 0 aliphatic heterocycles. The molecule has 0 bridgehead atoms. The number of rotatable bonds is 4. The van der Waals surface area contributed by atoms with Crippen molar-refractivity contribution in [3.63, 3.8) is 0 Å². The standard InChI is InChI=1S/C7H10O3.C3H4O2/c8-5-6(9)4-7-2-1-3-10-7;1-2-3(4)5/h1-3,6,8-9H,4-5H2;2H,1H2,(H,4,5). The molecule has 84 valence electrons. The van der Waals surface area contributed by atoms with E-state index in [2.05, 4.69) is 6.58 Å². The summed E-state index contributed by atoms with van der Waals surface area (Å²) in [4.78, 5) is 9.25. The summed E-state index contributed by atoms with van der Waals surface area (Å²) in [5.41, 5.74) is 0. The lowest BCUT2D eigenvalue weighted by Crippen LogP contribution is -2.14. The highest BCUT2D eigenvalue weighted by Crippen LogP contribution is 2.02. The Morgan fingerprint density at radius 1 is 1.67 bits per heavy atom. The molecule has 1 rings (SSSR count). The molecule has 5 nitrogen and oxygen atoms in total. The van der Waals surface area contributed by atoms with Crippen LogP contribution in [0.1, 0.15) is 5.76 Å². The monoisotopic (exact) mass is 214 g/mol. The average Bonchev–Trinajstić information content (AvgIpc) is 2.71. The van der Waals surface area contributed by atoms with Crippen LogP contribution in [-0.4, -0.2) is 34.0 Å². The number of aliphatic hydroxyl groups excluding tert-OH is 2. The van der Waals surface area contributed by atoms with E-state index in [1.54, 1.807) is 18.4 Å². The van der Waals surface area contributed by atoms with Crippen molar-refractivity contribution in [2.24, 2.45) is 0 Å². The quantitative estimate of drug-likeness (QED) is 0.632. The molecule has 5 heteroatoms. The van der Waals surface area contributed by atoms with Gasteiger partial charge in [0, 0.05) is 12.5 Å². The molecule has 0 amide bonds. The van der Waals surface area contributed by atoms with Gasteiger partial charge in [-0.1, -0.05) is 6.58 Å². The first-order valence-electron chi connectivity index (χ1n) is 4.26. The zero-order valence-electron chi connectivity index (χ0n) is 8.17. The van der Waals surface area contributed by atoms with Crippen LogP contribution in [0.15, 0.2) is 35.5 Å². The number of carboxylic acid groups (broad SMARTS) is 1. The number of carboxylic acids is 1. The SMILES string of the molecule is C=CC(=O)O.OCC(O)Cc1ccco1. The van der Waals surface area contributed by atoms with Gasteiger partial charge in [0.1, 0.15) is 5.76 Å². The maximum absolute atomic E-state index is 9.25. The highest BCUT2D eigenvalue weighted by atomic mass is 16.4. The lowest BCUT2D eigenvalue weighted by atomic mass is 10.2. The summed E-state index contributed by atoms with van der Waals surface area (Å²) < 4.78 is 4.93. The molecule has 1 aromatic rings. The van der Waals surface area contributed by atoms with Gasteiger partial charge < -0.3 is 19.7 Å². The number of carbonyl (C=O) groups is 1. The second-order valence-corrected chi connectivity index (χ2v) is 2.66. The van der Waals surface area contributed by atoms with Gasteiger partial charge in [-0.3, -0.25) is 0 Å². The van der Waals surface area contributed by atoms with Crippen LogP contribution in [0, 0.1) is 0 Å². The molecular weight excluding hydrogens is 200 g/mol. The fourth-order valence-electron chi connectivity index (χ4n) is 0.726. The zero-order chi connectivity index (χ0) is 11.7. The number of aliphatic hydroxyl groups is 2. The normalized spacial score (nSPS) is 11.1. The van der Waals surface area contributed by atoms with Gasteiger partial charge >= 0.3 is 5.97 Å². The number of furan rings is 1. The van der Waals surface area contributed by atoms with Gasteiger partial charge in [0.15, 0.2) is 0 Å². The summed E-state index contributed by atoms with van der Waals surface area (Å²) in [6.45, 7) is 2.74. The number of hydrogen-bond donors (Lipinski definition) is 3. The third kappa shape index (κ3) is 7.48. The Morgan fingerprint density at radius 3 is 2.60 bits per heavy atom. The Kier molecular flexibility index (Phi) is 6.96. The molecule has 0 saturated heterocycles. The van der Waals surface area contributed by atoms with Crippen LogP contribution in [0.3, 0.4) is 0 Å². The van der Waals surface area contributed by atoms with Gasteiger partial charge in [-0.05, 0) is 12.1 Å². The Bertz CT molecular complexity index is 278. The first-order chi connectivity index (χ1) is 7.10. The molecule has 0 spiro atoms. The first-order valence-corrected chi connectivity index (χ1v) is 4.26.